The first kappa shape index (κ1) is 50.9. The molecule has 0 spiro atoms. The van der Waals surface area contributed by atoms with Crippen LogP contribution in [0.2, 0.25) is 0 Å². The fraction of sp³-hybridized carbons (Fsp3) is 0.500. The molecule has 0 bridgehead atoms. The summed E-state index contributed by atoms with van der Waals surface area (Å²) >= 11 is 3.74. The van der Waals surface area contributed by atoms with Gasteiger partial charge in [-0.1, -0.05) is 25.6 Å². The number of aromatic nitrogens is 5. The van der Waals surface area contributed by atoms with Crippen LogP contribution in [0.25, 0.3) is 21.4 Å². The van der Waals surface area contributed by atoms with E-state index in [4.69, 9.17) is 10.5 Å². The van der Waals surface area contributed by atoms with E-state index in [1.54, 1.807) is 12.1 Å². The van der Waals surface area contributed by atoms with Crippen molar-refractivity contribution in [2.24, 2.45) is 10.4 Å². The van der Waals surface area contributed by atoms with Crippen molar-refractivity contribution in [2.45, 2.75) is 57.0 Å². The van der Waals surface area contributed by atoms with Crippen LogP contribution in [0, 0.1) is 5.41 Å². The number of aliphatic hydroxyl groups is 2. The summed E-state index contributed by atoms with van der Waals surface area (Å²) in [5, 5.41) is 37.1. The van der Waals surface area contributed by atoms with E-state index in [1.807, 2.05) is 0 Å². The number of amides is 2. The number of phenols is 1. The Morgan fingerprint density at radius 3 is 2.57 bits per heavy atom. The summed E-state index contributed by atoms with van der Waals surface area (Å²) in [7, 11) is -17.7. The number of fused-ring (bicyclic) bond motifs is 2. The summed E-state index contributed by atoms with van der Waals surface area (Å²) in [6.07, 6.45) is -7.72. The number of anilines is 1. The highest BCUT2D eigenvalue weighted by Crippen LogP contribution is 2.56. The SMILES string of the molecule is CC(C)(COP(=O)([O-])OP(=O)([O-])OC[C@H]1O[C@@H](n2cnc3c(N)ncnc32)[C@H](O)[C@@H]1OP(=O)([O-])[O-])[C@@H](O)C(=O)NCCC(=O)NCCSC(=O)[C@@H]1CSC(c2nc3ccc(O)cc3s2)=N1. The smallest absolute Gasteiger partial charge is 0.274 e. The number of nitrogen functional groups attached to an aromatic ring is 1. The lowest BCUT2D eigenvalue weighted by molar-refractivity contribution is -0.347. The van der Waals surface area contributed by atoms with Crippen LogP contribution in [0.3, 0.4) is 0 Å². The fourth-order valence-corrected chi connectivity index (χ4v) is 11.7. The van der Waals surface area contributed by atoms with Gasteiger partial charge in [-0.05, 0) is 18.2 Å². The Labute approximate surface area is 379 Å². The first-order valence-corrected chi connectivity index (χ1v) is 25.9. The van der Waals surface area contributed by atoms with Gasteiger partial charge in [0.05, 0.1) is 37.6 Å². The van der Waals surface area contributed by atoms with Crippen molar-refractivity contribution in [1.29, 1.82) is 0 Å². The number of aliphatic hydroxyl groups excluding tert-OH is 2. The number of hydrogen-bond donors (Lipinski definition) is 6. The first-order valence-electron chi connectivity index (χ1n) is 18.7. The van der Waals surface area contributed by atoms with Crippen molar-refractivity contribution in [2.75, 3.05) is 43.5 Å². The molecule has 2 unspecified atom stereocenters. The number of aliphatic imine (C=N–C) groups is 1. The number of carbonyl (C=O) groups is 3. The second kappa shape index (κ2) is 20.8. The van der Waals surface area contributed by atoms with E-state index in [0.717, 1.165) is 33.7 Å². The lowest BCUT2D eigenvalue weighted by atomic mass is 9.87. The highest BCUT2D eigenvalue weighted by molar-refractivity contribution is 8.16. The number of carbonyl (C=O) groups excluding carboxylic acids is 3. The number of nitrogens with zero attached hydrogens (tertiary/aromatic N) is 6. The molecule has 3 aromatic heterocycles. The number of rotatable bonds is 21. The molecule has 27 nitrogen and oxygen atoms in total. The van der Waals surface area contributed by atoms with Gasteiger partial charge in [0.2, 0.25) is 16.9 Å². The van der Waals surface area contributed by atoms with E-state index >= 15 is 0 Å². The molecule has 1 saturated heterocycles. The van der Waals surface area contributed by atoms with Gasteiger partial charge < -0.3 is 74.1 Å². The summed E-state index contributed by atoms with van der Waals surface area (Å²) in [6.45, 7) is -0.0706. The Hall–Kier alpha value is -3.51. The Bertz CT molecular complexity index is 2600. The minimum atomic E-state index is -5.94. The number of hydrogen-bond acceptors (Lipinski definition) is 27. The van der Waals surface area contributed by atoms with Crippen molar-refractivity contribution >= 4 is 108 Å². The van der Waals surface area contributed by atoms with Gasteiger partial charge in [0.1, 0.15) is 58.1 Å². The summed E-state index contributed by atoms with van der Waals surface area (Å²) in [4.78, 5) is 106. The van der Waals surface area contributed by atoms with Gasteiger partial charge in [0, 0.05) is 36.4 Å². The van der Waals surface area contributed by atoms with Crippen LogP contribution in [0.4, 0.5) is 5.82 Å². The monoisotopic (exact) mass is 1030 g/mol. The van der Waals surface area contributed by atoms with Gasteiger partial charge in [-0.25, -0.2) is 24.2 Å². The number of nitrogens with one attached hydrogen (secondary N) is 2. The molecule has 4 aromatic rings. The number of phosphoric ester groups is 3. The van der Waals surface area contributed by atoms with Gasteiger partial charge in [-0.2, -0.15) is 0 Å². The molecule has 8 atom stereocenters. The largest absolute Gasteiger partial charge is 0.790 e. The fourth-order valence-electron chi connectivity index (χ4n) is 5.97. The average molecular weight is 1030 g/mol. The van der Waals surface area contributed by atoms with Crippen LogP contribution < -0.4 is 35.9 Å². The molecule has 6 rings (SSSR count). The number of thiazole rings is 1. The highest BCUT2D eigenvalue weighted by atomic mass is 32.2. The first-order chi connectivity index (χ1) is 30.4. The summed E-state index contributed by atoms with van der Waals surface area (Å²) < 4.78 is 61.5. The molecule has 2 amide bonds. The zero-order chi connectivity index (χ0) is 47.5. The van der Waals surface area contributed by atoms with Crippen LogP contribution in [-0.2, 0) is 50.7 Å². The number of benzene rings is 1. The van der Waals surface area contributed by atoms with E-state index in [0.29, 0.717) is 21.3 Å². The Morgan fingerprint density at radius 1 is 1.09 bits per heavy atom. The van der Waals surface area contributed by atoms with Gasteiger partial charge in [0.25, 0.3) is 15.6 Å². The summed E-state index contributed by atoms with van der Waals surface area (Å²) in [6, 6.07) is 4.22. The number of ether oxygens (including phenoxy) is 1. The number of aromatic hydroxyl groups is 1. The standard InChI is InChI=1S/C32H42N9O18P3S3/c1-32(2,24(45)27(46)35-6-5-20(43)34-7-8-63-31(47)17-11-64-28(40-17)29-39-16-4-3-15(42)9-19(16)65-29)12-56-62(53,54)59-61(51,52)55-10-18-23(58-60(48,49)50)22(44)30(57-18)41-14-38-21-25(33)36-13-37-26(21)41/h3-4,9,13-14,17-18,22-24,30,42,44-45H,5-8,10-12H2,1-2H3,(H,34,43)(H,35,46)(H,51,52)(H,53,54)(H2,33,36,37)(H2,48,49,50)/p-4/t17-,18+,22+,23+,24-,30+/m0/s1. The van der Waals surface area contributed by atoms with Gasteiger partial charge in [0.15, 0.2) is 17.7 Å². The third-order valence-corrected chi connectivity index (χ3v) is 15.4. The maximum Gasteiger partial charge on any atom is 0.274 e. The van der Waals surface area contributed by atoms with Crippen LogP contribution in [0.5, 0.6) is 5.75 Å². The minimum absolute atomic E-state index is 0.0285. The molecule has 7 N–H and O–H groups in total. The van der Waals surface area contributed by atoms with Crippen molar-refractivity contribution < 1.29 is 85.6 Å². The second-order valence-corrected chi connectivity index (χ2v) is 21.8. The van der Waals surface area contributed by atoms with E-state index in [-0.39, 0.29) is 53.1 Å². The number of phenolic OH excluding ortho intramolecular Hbond substituents is 1. The molecule has 0 radical (unpaired) electrons. The number of phosphoric acid groups is 3. The zero-order valence-electron chi connectivity index (χ0n) is 33.6. The molecule has 2 aliphatic heterocycles. The van der Waals surface area contributed by atoms with E-state index in [2.05, 4.69) is 53.4 Å². The van der Waals surface area contributed by atoms with Crippen LogP contribution in [-0.4, -0.2) is 130 Å². The number of nitrogens with two attached hydrogens (primary N) is 1. The Kier molecular flexibility index (Phi) is 16.3. The predicted octanol–water partition coefficient (Wildman–Crippen LogP) is -1.99. The van der Waals surface area contributed by atoms with Gasteiger partial charge >= 0.3 is 0 Å². The van der Waals surface area contributed by atoms with Crippen molar-refractivity contribution in [3.63, 3.8) is 0 Å². The molecule has 0 aliphatic carbocycles. The van der Waals surface area contributed by atoms with Crippen LogP contribution >= 0.6 is 58.3 Å². The zero-order valence-corrected chi connectivity index (χ0v) is 38.7. The molecule has 1 fully saturated rings. The Balaban J connectivity index is 0.899. The average Bonchev–Trinajstić information content (AvgIpc) is 4.03. The van der Waals surface area contributed by atoms with Crippen molar-refractivity contribution in [3.05, 3.63) is 35.9 Å². The van der Waals surface area contributed by atoms with E-state index in [9.17, 15) is 63.0 Å². The number of imidazole rings is 1. The molecule has 65 heavy (non-hydrogen) atoms. The molecule has 2 aliphatic rings. The lowest BCUT2D eigenvalue weighted by Crippen LogP contribution is -2.46. The topological polar surface area (TPSA) is 420 Å². The molecule has 5 heterocycles. The minimum Gasteiger partial charge on any atom is -0.790 e. The van der Waals surface area contributed by atoms with Gasteiger partial charge in [-0.3, -0.25) is 33.1 Å². The molecular weight excluding hydrogens is 988 g/mol. The normalized spacial score (nSPS) is 22.6. The second-order valence-electron chi connectivity index (χ2n) is 14.6. The summed E-state index contributed by atoms with van der Waals surface area (Å²) in [5.74, 6) is -0.840. The maximum atomic E-state index is 12.7. The Morgan fingerprint density at radius 2 is 1.83 bits per heavy atom. The van der Waals surface area contributed by atoms with Crippen molar-refractivity contribution in [1.82, 2.24) is 35.1 Å². The van der Waals surface area contributed by atoms with Crippen LogP contribution in [0.15, 0.2) is 35.8 Å². The van der Waals surface area contributed by atoms with Gasteiger partial charge in [-0.15, -0.1) is 23.1 Å². The quantitative estimate of drug-likeness (QED) is 0.0389. The highest BCUT2D eigenvalue weighted by Gasteiger charge is 2.47. The van der Waals surface area contributed by atoms with Crippen LogP contribution in [0.1, 0.15) is 31.5 Å². The molecule has 33 heteroatoms. The van der Waals surface area contributed by atoms with E-state index in [1.165, 1.54) is 43.0 Å². The molecule has 1 aromatic carbocycles. The predicted molar refractivity (Wildman–Crippen MR) is 222 cm³/mol. The molecule has 0 saturated carbocycles. The number of thioether (sulfide) groups is 2. The van der Waals surface area contributed by atoms with E-state index < -0.39 is 90.6 Å². The lowest BCUT2D eigenvalue weighted by Gasteiger charge is -2.36. The van der Waals surface area contributed by atoms with Crippen molar-refractivity contribution in [3.8, 4) is 5.75 Å². The summed E-state index contributed by atoms with van der Waals surface area (Å²) in [5.41, 5.74) is 4.74. The maximum absolute atomic E-state index is 12.7. The third kappa shape index (κ3) is 13.4. The molecule has 356 valence electrons. The third-order valence-electron chi connectivity index (χ3n) is 9.20. The molecular formula is C32H38N9O18P3S3-4.